The molecular weight excluding hydrogens is 552 g/mol. The lowest BCUT2D eigenvalue weighted by atomic mass is 9.95. The van der Waals surface area contributed by atoms with Gasteiger partial charge < -0.3 is 4.42 Å². The summed E-state index contributed by atoms with van der Waals surface area (Å²) in [5.41, 5.74) is 9.14. The standard InChI is InChI=1S/C40H24N4O/c41-25-26-15-17-27(18-16-26)32-23-34(37-35(24-32)33-13-7-8-14-36(33)45-37)28-19-21-31(22-20-28)40-43-38(29-9-3-1-4-10-29)42-39(44-40)30-11-5-2-6-12-30/h1-24H. The van der Waals surface area contributed by atoms with E-state index in [0.29, 0.717) is 23.0 Å². The SMILES string of the molecule is N#Cc1ccc(-c2cc(-c3ccc(-c4nc(-c5ccccc5)nc(-c5ccccc5)n4)cc3)c3oc4ccccc4c3c2)cc1. The molecule has 45 heavy (non-hydrogen) atoms. The minimum Gasteiger partial charge on any atom is -0.455 e. The van der Waals surface area contributed by atoms with Crippen LogP contribution in [-0.4, -0.2) is 15.0 Å². The first-order chi connectivity index (χ1) is 22.2. The van der Waals surface area contributed by atoms with Crippen LogP contribution in [0.4, 0.5) is 0 Å². The number of hydrogen-bond donors (Lipinski definition) is 0. The number of hydrogen-bond acceptors (Lipinski definition) is 5. The Labute approximate surface area is 259 Å². The van der Waals surface area contributed by atoms with Gasteiger partial charge in [-0.1, -0.05) is 115 Å². The quantitative estimate of drug-likeness (QED) is 0.204. The molecule has 0 aliphatic rings. The number of fused-ring (bicyclic) bond motifs is 3. The van der Waals surface area contributed by atoms with Crippen molar-refractivity contribution in [3.63, 3.8) is 0 Å². The van der Waals surface area contributed by atoms with E-state index in [0.717, 1.165) is 60.9 Å². The van der Waals surface area contributed by atoms with Crippen LogP contribution in [0.15, 0.2) is 150 Å². The molecule has 5 heteroatoms. The summed E-state index contributed by atoms with van der Waals surface area (Å²) in [4.78, 5) is 14.6. The van der Waals surface area contributed by atoms with Gasteiger partial charge in [-0.2, -0.15) is 5.26 Å². The fraction of sp³-hybridized carbons (Fsp3) is 0. The molecule has 0 saturated heterocycles. The Kier molecular flexibility index (Phi) is 6.44. The molecule has 210 valence electrons. The van der Waals surface area contributed by atoms with E-state index in [-0.39, 0.29) is 0 Å². The number of para-hydroxylation sites is 1. The largest absolute Gasteiger partial charge is 0.455 e. The van der Waals surface area contributed by atoms with Gasteiger partial charge in [-0.15, -0.1) is 0 Å². The first kappa shape index (κ1) is 26.3. The second-order valence-electron chi connectivity index (χ2n) is 10.8. The molecule has 0 bridgehead atoms. The molecule has 5 nitrogen and oxygen atoms in total. The van der Waals surface area contributed by atoms with Crippen LogP contribution in [0.2, 0.25) is 0 Å². The molecule has 8 aromatic rings. The third-order valence-electron chi connectivity index (χ3n) is 7.98. The molecule has 2 aromatic heterocycles. The minimum absolute atomic E-state index is 0.606. The van der Waals surface area contributed by atoms with Crippen LogP contribution in [0, 0.1) is 11.3 Å². The van der Waals surface area contributed by atoms with Gasteiger partial charge in [-0.05, 0) is 47.0 Å². The number of benzene rings is 6. The second-order valence-corrected chi connectivity index (χ2v) is 10.8. The molecule has 0 aliphatic carbocycles. The van der Waals surface area contributed by atoms with Gasteiger partial charge >= 0.3 is 0 Å². The highest BCUT2D eigenvalue weighted by molar-refractivity contribution is 6.11. The average molecular weight is 577 g/mol. The summed E-state index contributed by atoms with van der Waals surface area (Å²) in [6, 6.07) is 50.6. The van der Waals surface area contributed by atoms with E-state index >= 15 is 0 Å². The van der Waals surface area contributed by atoms with Gasteiger partial charge in [0.15, 0.2) is 17.5 Å². The Morgan fingerprint density at radius 2 is 0.956 bits per heavy atom. The van der Waals surface area contributed by atoms with E-state index in [1.165, 1.54) is 0 Å². The average Bonchev–Trinajstić information content (AvgIpc) is 3.51. The summed E-state index contributed by atoms with van der Waals surface area (Å²) in [5.74, 6) is 1.86. The number of furan rings is 1. The molecule has 0 fully saturated rings. The van der Waals surface area contributed by atoms with Crippen LogP contribution in [0.5, 0.6) is 0 Å². The molecule has 0 saturated carbocycles. The molecule has 0 atom stereocenters. The van der Waals surface area contributed by atoms with Crippen molar-refractivity contribution in [2.45, 2.75) is 0 Å². The van der Waals surface area contributed by atoms with E-state index < -0.39 is 0 Å². The minimum atomic E-state index is 0.606. The predicted octanol–water partition coefficient (Wildman–Crippen LogP) is 9.98. The Morgan fingerprint density at radius 3 is 1.56 bits per heavy atom. The highest BCUT2D eigenvalue weighted by Gasteiger charge is 2.17. The molecule has 6 aromatic carbocycles. The van der Waals surface area contributed by atoms with E-state index in [2.05, 4.69) is 48.5 Å². The van der Waals surface area contributed by atoms with Gasteiger partial charge in [0.1, 0.15) is 11.2 Å². The van der Waals surface area contributed by atoms with E-state index in [9.17, 15) is 5.26 Å². The van der Waals surface area contributed by atoms with Crippen molar-refractivity contribution in [1.29, 1.82) is 5.26 Å². The highest BCUT2D eigenvalue weighted by atomic mass is 16.3. The molecule has 0 N–H and O–H groups in total. The number of rotatable bonds is 5. The Hall–Kier alpha value is -6.38. The van der Waals surface area contributed by atoms with Crippen molar-refractivity contribution >= 4 is 21.9 Å². The Bertz CT molecular complexity index is 2300. The van der Waals surface area contributed by atoms with E-state index in [1.54, 1.807) is 0 Å². The highest BCUT2D eigenvalue weighted by Crippen LogP contribution is 2.40. The zero-order valence-electron chi connectivity index (χ0n) is 24.1. The molecule has 0 aliphatic heterocycles. The van der Waals surface area contributed by atoms with Gasteiger partial charge in [0.05, 0.1) is 11.6 Å². The summed E-state index contributed by atoms with van der Waals surface area (Å²) >= 11 is 0. The van der Waals surface area contributed by atoms with Crippen molar-refractivity contribution in [2.75, 3.05) is 0 Å². The van der Waals surface area contributed by atoms with Crippen LogP contribution < -0.4 is 0 Å². The number of nitrogens with zero attached hydrogens (tertiary/aromatic N) is 4. The maximum atomic E-state index is 9.30. The smallest absolute Gasteiger partial charge is 0.164 e. The molecule has 0 spiro atoms. The Balaban J connectivity index is 1.26. The lowest BCUT2D eigenvalue weighted by Gasteiger charge is -2.10. The third-order valence-corrected chi connectivity index (χ3v) is 7.98. The van der Waals surface area contributed by atoms with Gasteiger partial charge in [-0.3, -0.25) is 0 Å². The van der Waals surface area contributed by atoms with E-state index in [1.807, 2.05) is 103 Å². The summed E-state index contributed by atoms with van der Waals surface area (Å²) < 4.78 is 6.43. The molecule has 8 rings (SSSR count). The van der Waals surface area contributed by atoms with Crippen LogP contribution in [0.25, 0.3) is 78.4 Å². The number of nitriles is 1. The van der Waals surface area contributed by atoms with Crippen molar-refractivity contribution in [1.82, 2.24) is 15.0 Å². The normalized spacial score (nSPS) is 11.1. The topological polar surface area (TPSA) is 75.6 Å². The molecule has 0 unspecified atom stereocenters. The Morgan fingerprint density at radius 1 is 0.444 bits per heavy atom. The monoisotopic (exact) mass is 576 g/mol. The maximum absolute atomic E-state index is 9.30. The van der Waals surface area contributed by atoms with Crippen molar-refractivity contribution in [3.8, 4) is 62.5 Å². The summed E-state index contributed by atoms with van der Waals surface area (Å²) in [7, 11) is 0. The first-order valence-corrected chi connectivity index (χ1v) is 14.7. The van der Waals surface area contributed by atoms with Crippen LogP contribution in [0.1, 0.15) is 5.56 Å². The van der Waals surface area contributed by atoms with Crippen molar-refractivity contribution in [2.24, 2.45) is 0 Å². The fourth-order valence-electron chi connectivity index (χ4n) is 5.68. The molecule has 2 heterocycles. The maximum Gasteiger partial charge on any atom is 0.164 e. The first-order valence-electron chi connectivity index (χ1n) is 14.7. The summed E-state index contributed by atoms with van der Waals surface area (Å²) in [5, 5.41) is 11.4. The zero-order valence-corrected chi connectivity index (χ0v) is 24.1. The number of aromatic nitrogens is 3. The second kappa shape index (κ2) is 11.0. The van der Waals surface area contributed by atoms with Gasteiger partial charge in [0, 0.05) is 33.0 Å². The van der Waals surface area contributed by atoms with Gasteiger partial charge in [-0.25, -0.2) is 15.0 Å². The zero-order chi connectivity index (χ0) is 30.2. The van der Waals surface area contributed by atoms with Crippen molar-refractivity contribution in [3.05, 3.63) is 151 Å². The lowest BCUT2D eigenvalue weighted by molar-refractivity contribution is 0.670. The summed E-state index contributed by atoms with van der Waals surface area (Å²) in [6.45, 7) is 0. The van der Waals surface area contributed by atoms with Gasteiger partial charge in [0.2, 0.25) is 0 Å². The molecule has 0 amide bonds. The molecule has 0 radical (unpaired) electrons. The van der Waals surface area contributed by atoms with Crippen LogP contribution in [-0.2, 0) is 0 Å². The van der Waals surface area contributed by atoms with Crippen molar-refractivity contribution < 1.29 is 4.42 Å². The summed E-state index contributed by atoms with van der Waals surface area (Å²) in [6.07, 6.45) is 0. The van der Waals surface area contributed by atoms with Gasteiger partial charge in [0.25, 0.3) is 0 Å². The molecular formula is C40H24N4O. The predicted molar refractivity (Wildman–Crippen MR) is 179 cm³/mol. The third kappa shape index (κ3) is 4.91. The fourth-order valence-corrected chi connectivity index (χ4v) is 5.68. The van der Waals surface area contributed by atoms with E-state index in [4.69, 9.17) is 19.4 Å². The van der Waals surface area contributed by atoms with Crippen LogP contribution in [0.3, 0.4) is 0 Å². The van der Waals surface area contributed by atoms with Crippen LogP contribution >= 0.6 is 0 Å². The lowest BCUT2D eigenvalue weighted by Crippen LogP contribution is -2.00.